The number of methoxy groups -OCH3 is 1. The van der Waals surface area contributed by atoms with Crippen LogP contribution in [0.2, 0.25) is 0 Å². The van der Waals surface area contributed by atoms with Gasteiger partial charge in [0.2, 0.25) is 0 Å². The summed E-state index contributed by atoms with van der Waals surface area (Å²) < 4.78 is 15.3. The second-order valence-corrected chi connectivity index (χ2v) is 4.84. The van der Waals surface area contributed by atoms with Crippen LogP contribution in [0.15, 0.2) is 18.2 Å². The van der Waals surface area contributed by atoms with Gasteiger partial charge in [-0.05, 0) is 32.0 Å². The van der Waals surface area contributed by atoms with Gasteiger partial charge in [0.1, 0.15) is 5.75 Å². The van der Waals surface area contributed by atoms with Crippen molar-refractivity contribution in [1.29, 1.82) is 0 Å². The van der Waals surface area contributed by atoms with Crippen molar-refractivity contribution in [2.75, 3.05) is 32.6 Å². The fourth-order valence-corrected chi connectivity index (χ4v) is 1.56. The summed E-state index contributed by atoms with van der Waals surface area (Å²) in [5.74, 6) is -0.504. The van der Waals surface area contributed by atoms with Crippen molar-refractivity contribution >= 4 is 17.6 Å². The van der Waals surface area contributed by atoms with Crippen molar-refractivity contribution in [3.05, 3.63) is 23.8 Å². The largest absolute Gasteiger partial charge is 0.482 e. The lowest BCUT2D eigenvalue weighted by Crippen LogP contribution is -2.31. The van der Waals surface area contributed by atoms with Crippen LogP contribution in [-0.2, 0) is 14.3 Å². The molecular formula is C15H22N2O5. The van der Waals surface area contributed by atoms with Gasteiger partial charge in [-0.3, -0.25) is 4.79 Å². The van der Waals surface area contributed by atoms with E-state index in [9.17, 15) is 9.59 Å². The molecule has 0 heterocycles. The van der Waals surface area contributed by atoms with Crippen LogP contribution in [0, 0.1) is 0 Å². The van der Waals surface area contributed by atoms with Gasteiger partial charge in [-0.25, -0.2) is 4.79 Å². The van der Waals surface area contributed by atoms with Crippen LogP contribution in [0.3, 0.4) is 0 Å². The normalized spacial score (nSPS) is 10.4. The minimum Gasteiger partial charge on any atom is -0.482 e. The second-order valence-electron chi connectivity index (χ2n) is 4.84. The molecule has 1 rings (SSSR count). The van der Waals surface area contributed by atoms with E-state index in [1.807, 2.05) is 0 Å². The topological polar surface area (TPSA) is 99.9 Å². The predicted molar refractivity (Wildman–Crippen MR) is 81.8 cm³/mol. The maximum atomic E-state index is 11.8. The van der Waals surface area contributed by atoms with Crippen LogP contribution < -0.4 is 15.8 Å². The third-order valence-electron chi connectivity index (χ3n) is 2.58. The molecule has 0 aromatic heterocycles. The van der Waals surface area contributed by atoms with E-state index in [-0.39, 0.29) is 24.4 Å². The van der Waals surface area contributed by atoms with Crippen molar-refractivity contribution in [3.8, 4) is 5.75 Å². The number of carbonyl (C=O) groups is 2. The first-order valence-corrected chi connectivity index (χ1v) is 6.93. The number of benzene rings is 1. The van der Waals surface area contributed by atoms with Gasteiger partial charge < -0.3 is 25.3 Å². The number of amides is 1. The summed E-state index contributed by atoms with van der Waals surface area (Å²) in [6, 6.07) is 4.54. The van der Waals surface area contributed by atoms with Crippen LogP contribution in [-0.4, -0.2) is 44.8 Å². The summed E-state index contributed by atoms with van der Waals surface area (Å²) in [5, 5.41) is 2.62. The van der Waals surface area contributed by atoms with Crippen LogP contribution in [0.1, 0.15) is 24.2 Å². The van der Waals surface area contributed by atoms with Crippen LogP contribution in [0.25, 0.3) is 0 Å². The molecule has 0 atom stereocenters. The first-order valence-electron chi connectivity index (χ1n) is 6.93. The van der Waals surface area contributed by atoms with Gasteiger partial charge in [0.15, 0.2) is 6.61 Å². The van der Waals surface area contributed by atoms with E-state index in [4.69, 9.17) is 19.9 Å². The molecule has 3 N–H and O–H groups in total. The first kappa shape index (κ1) is 17.8. The van der Waals surface area contributed by atoms with Gasteiger partial charge in [0.05, 0.1) is 24.0 Å². The van der Waals surface area contributed by atoms with Crippen LogP contribution in [0.4, 0.5) is 5.69 Å². The zero-order valence-corrected chi connectivity index (χ0v) is 13.0. The Hall–Kier alpha value is -2.28. The maximum absolute atomic E-state index is 11.8. The zero-order chi connectivity index (χ0) is 16.5. The Morgan fingerprint density at radius 2 is 2.05 bits per heavy atom. The van der Waals surface area contributed by atoms with E-state index >= 15 is 0 Å². The van der Waals surface area contributed by atoms with Crippen LogP contribution >= 0.6 is 0 Å². The third-order valence-corrected chi connectivity index (χ3v) is 2.58. The summed E-state index contributed by atoms with van der Waals surface area (Å²) in [4.78, 5) is 23.4. The molecule has 0 fully saturated rings. The molecule has 1 amide bonds. The Labute approximate surface area is 129 Å². The second kappa shape index (κ2) is 8.89. The number of nitrogens with two attached hydrogens (primary N) is 1. The molecule has 0 aliphatic carbocycles. The predicted octanol–water partition coefficient (Wildman–Crippen LogP) is 0.975. The lowest BCUT2D eigenvalue weighted by molar-refractivity contribution is -0.123. The number of nitrogen functional groups attached to an aromatic ring is 1. The molecule has 0 unspecified atom stereocenters. The molecule has 122 valence electrons. The summed E-state index contributed by atoms with van der Waals surface area (Å²) in [6.07, 6.45) is -0.221. The number of ether oxygens (including phenoxy) is 3. The number of anilines is 1. The Bertz CT molecular complexity index is 517. The van der Waals surface area contributed by atoms with E-state index in [2.05, 4.69) is 5.32 Å². The highest BCUT2D eigenvalue weighted by Gasteiger charge is 2.13. The standard InChI is InChI=1S/C15H22N2O5/c1-10(2)22-15(19)11-4-5-12(16)13(8-11)21-9-14(18)17-6-7-20-3/h4-5,8,10H,6-7,9,16H2,1-3H3,(H,17,18). The highest BCUT2D eigenvalue weighted by Crippen LogP contribution is 2.23. The summed E-state index contributed by atoms with van der Waals surface area (Å²) in [5.41, 5.74) is 6.43. The van der Waals surface area contributed by atoms with Crippen molar-refractivity contribution in [2.45, 2.75) is 20.0 Å². The van der Waals surface area contributed by atoms with E-state index in [0.717, 1.165) is 0 Å². The fraction of sp³-hybridized carbons (Fsp3) is 0.467. The highest BCUT2D eigenvalue weighted by molar-refractivity contribution is 5.90. The molecule has 1 aromatic carbocycles. The van der Waals surface area contributed by atoms with E-state index in [1.54, 1.807) is 27.0 Å². The number of rotatable bonds is 8. The molecular weight excluding hydrogens is 288 g/mol. The van der Waals surface area contributed by atoms with E-state index < -0.39 is 5.97 Å². The fourth-order valence-electron chi connectivity index (χ4n) is 1.56. The van der Waals surface area contributed by atoms with Crippen molar-refractivity contribution in [3.63, 3.8) is 0 Å². The van der Waals surface area contributed by atoms with E-state index in [0.29, 0.717) is 24.4 Å². The molecule has 0 bridgehead atoms. The minimum absolute atomic E-state index is 0.198. The SMILES string of the molecule is COCCNC(=O)COc1cc(C(=O)OC(C)C)ccc1N. The van der Waals surface area contributed by atoms with Gasteiger partial charge in [0.25, 0.3) is 5.91 Å². The molecule has 7 nitrogen and oxygen atoms in total. The van der Waals surface area contributed by atoms with Gasteiger partial charge in [-0.1, -0.05) is 0 Å². The molecule has 7 heteroatoms. The maximum Gasteiger partial charge on any atom is 0.338 e. The molecule has 0 spiro atoms. The first-order chi connectivity index (χ1) is 10.4. The number of hydrogen-bond donors (Lipinski definition) is 2. The Balaban J connectivity index is 2.62. The Morgan fingerprint density at radius 1 is 1.32 bits per heavy atom. The highest BCUT2D eigenvalue weighted by atomic mass is 16.5. The van der Waals surface area contributed by atoms with Gasteiger partial charge in [0, 0.05) is 13.7 Å². The number of carbonyl (C=O) groups excluding carboxylic acids is 2. The average molecular weight is 310 g/mol. The van der Waals surface area contributed by atoms with Crippen molar-refractivity contribution < 1.29 is 23.8 Å². The average Bonchev–Trinajstić information content (AvgIpc) is 2.46. The molecule has 22 heavy (non-hydrogen) atoms. The smallest absolute Gasteiger partial charge is 0.338 e. The zero-order valence-electron chi connectivity index (χ0n) is 13.0. The Morgan fingerprint density at radius 3 is 2.68 bits per heavy atom. The quantitative estimate of drug-likeness (QED) is 0.422. The summed E-state index contributed by atoms with van der Waals surface area (Å²) >= 11 is 0. The number of esters is 1. The van der Waals surface area contributed by atoms with Gasteiger partial charge >= 0.3 is 5.97 Å². The van der Waals surface area contributed by atoms with Gasteiger partial charge in [-0.2, -0.15) is 0 Å². The number of hydrogen-bond acceptors (Lipinski definition) is 6. The summed E-state index contributed by atoms with van der Waals surface area (Å²) in [6.45, 7) is 4.14. The van der Waals surface area contributed by atoms with Crippen molar-refractivity contribution in [1.82, 2.24) is 5.32 Å². The third kappa shape index (κ3) is 6.01. The monoisotopic (exact) mass is 310 g/mol. The van der Waals surface area contributed by atoms with Crippen LogP contribution in [0.5, 0.6) is 5.75 Å². The van der Waals surface area contributed by atoms with E-state index in [1.165, 1.54) is 12.1 Å². The lowest BCUT2D eigenvalue weighted by atomic mass is 10.2. The Kier molecular flexibility index (Phi) is 7.18. The molecule has 0 radical (unpaired) electrons. The number of nitrogens with one attached hydrogen (secondary N) is 1. The molecule has 1 aromatic rings. The molecule has 0 saturated heterocycles. The molecule has 0 aliphatic heterocycles. The van der Waals surface area contributed by atoms with Crippen molar-refractivity contribution in [2.24, 2.45) is 0 Å². The lowest BCUT2D eigenvalue weighted by Gasteiger charge is -2.12. The molecule has 0 aliphatic rings. The molecule has 0 saturated carbocycles. The summed E-state index contributed by atoms with van der Waals surface area (Å²) in [7, 11) is 1.55. The van der Waals surface area contributed by atoms with Gasteiger partial charge in [-0.15, -0.1) is 0 Å². The minimum atomic E-state index is -0.468.